The summed E-state index contributed by atoms with van der Waals surface area (Å²) in [7, 11) is 0. The third-order valence-electron chi connectivity index (χ3n) is 8.57. The second-order valence-electron chi connectivity index (χ2n) is 12.5. The first-order chi connectivity index (χ1) is 27.4. The molecular formula is C42H28F3N9O3. The molecule has 0 fully saturated rings. The predicted molar refractivity (Wildman–Crippen MR) is 204 cm³/mol. The number of aromatic carboxylic acids is 1. The van der Waals surface area contributed by atoms with Crippen LogP contribution in [0.4, 0.5) is 18.9 Å². The van der Waals surface area contributed by atoms with Crippen LogP contribution >= 0.6 is 0 Å². The summed E-state index contributed by atoms with van der Waals surface area (Å²) >= 11 is 0. The number of carboxylic acids is 1. The molecule has 0 radical (unpaired) electrons. The van der Waals surface area contributed by atoms with Crippen LogP contribution in [0.25, 0.3) is 17.0 Å². The lowest BCUT2D eigenvalue weighted by Crippen LogP contribution is -2.14. The number of carboxylic acid groups (broad SMARTS) is 1. The molecule has 2 N–H and O–H groups in total. The number of aromatic nitrogens is 8. The zero-order valence-electron chi connectivity index (χ0n) is 30.0. The van der Waals surface area contributed by atoms with E-state index >= 15 is 0 Å². The smallest absolute Gasteiger partial charge is 0.416 e. The minimum atomic E-state index is -4.59. The Kier molecular flexibility index (Phi) is 10.3. The second kappa shape index (κ2) is 15.7. The monoisotopic (exact) mass is 763 g/mol. The van der Waals surface area contributed by atoms with Gasteiger partial charge in [0.1, 0.15) is 11.4 Å². The second-order valence-corrected chi connectivity index (χ2v) is 12.5. The molecule has 12 nitrogen and oxygen atoms in total. The lowest BCUT2D eigenvalue weighted by atomic mass is 10.0. The fraction of sp³-hybridized carbons (Fsp3) is 0.0714. The zero-order chi connectivity index (χ0) is 40.1. The number of carbonyl (C=O) groups excluding carboxylic acids is 1. The molecule has 57 heavy (non-hydrogen) atoms. The Balaban J connectivity index is 0.000000200. The topological polar surface area (TPSA) is 145 Å². The van der Waals surface area contributed by atoms with Gasteiger partial charge in [-0.25, -0.2) is 19.7 Å². The van der Waals surface area contributed by atoms with Crippen LogP contribution in [0, 0.1) is 37.5 Å². The number of rotatable bonds is 4. The molecule has 0 atom stereocenters. The van der Waals surface area contributed by atoms with E-state index in [1.54, 1.807) is 90.4 Å². The largest absolute Gasteiger partial charge is 0.478 e. The number of nitrogens with zero attached hydrogens (tertiary/aromatic N) is 8. The Morgan fingerprint density at radius 2 is 1.25 bits per heavy atom. The molecular weight excluding hydrogens is 736 g/mol. The van der Waals surface area contributed by atoms with E-state index < -0.39 is 23.6 Å². The molecule has 0 unspecified atom stereocenters. The van der Waals surface area contributed by atoms with E-state index in [1.807, 2.05) is 18.2 Å². The van der Waals surface area contributed by atoms with E-state index in [0.29, 0.717) is 22.5 Å². The SMILES string of the molecule is Cc1ccc(C(=O)Nc2cc(-n3ccnc3)cc(C(F)(F)F)c2)cc1C#Cc1cnc2cnccn12.Cc1ccc(C(=O)O)cc1C#Cc1cnc2cnccn12. The predicted octanol–water partition coefficient (Wildman–Crippen LogP) is 7.03. The lowest BCUT2D eigenvalue weighted by molar-refractivity contribution is -0.137. The number of hydrogen-bond donors (Lipinski definition) is 2. The standard InChI is InChI=1S/C26H17F3N6O.C16H11N3O2/c1-17-2-3-19(10-18(17)4-5-22-14-32-24-15-30-7-9-35(22)24)25(36)33-21-11-20(26(27,28)29)12-23(13-21)34-8-6-31-16-34;1-11-2-3-13(16(20)21)8-12(11)4-5-14-9-18-15-10-17-6-7-19(14)15/h2-3,6-16H,1H3,(H,33,36);2-3,6-10H,1H3,(H,20,21). The van der Waals surface area contributed by atoms with Crippen LogP contribution < -0.4 is 5.32 Å². The normalized spacial score (nSPS) is 10.8. The Morgan fingerprint density at radius 1 is 0.684 bits per heavy atom. The van der Waals surface area contributed by atoms with Crippen molar-refractivity contribution in [2.75, 3.05) is 5.32 Å². The fourth-order valence-corrected chi connectivity index (χ4v) is 5.53. The molecule has 0 aliphatic carbocycles. The highest BCUT2D eigenvalue weighted by Gasteiger charge is 2.31. The summed E-state index contributed by atoms with van der Waals surface area (Å²) in [6.07, 6.45) is 13.2. The Labute approximate surface area is 322 Å². The maximum atomic E-state index is 13.5. The molecule has 1 amide bonds. The Morgan fingerprint density at radius 3 is 1.79 bits per heavy atom. The van der Waals surface area contributed by atoms with Gasteiger partial charge in [0, 0.05) is 65.2 Å². The molecule has 0 bridgehead atoms. The molecule has 5 aromatic heterocycles. The number of benzene rings is 3. The van der Waals surface area contributed by atoms with E-state index in [4.69, 9.17) is 5.11 Å². The van der Waals surface area contributed by atoms with Gasteiger partial charge in [0.05, 0.1) is 42.2 Å². The summed E-state index contributed by atoms with van der Waals surface area (Å²) < 4.78 is 45.5. The minimum Gasteiger partial charge on any atom is -0.478 e. The highest BCUT2D eigenvalue weighted by atomic mass is 19.4. The van der Waals surface area contributed by atoms with Crippen molar-refractivity contribution in [2.45, 2.75) is 20.0 Å². The minimum absolute atomic E-state index is 0.00562. The van der Waals surface area contributed by atoms with Crippen LogP contribution in [0.15, 0.2) is 123 Å². The van der Waals surface area contributed by atoms with Gasteiger partial charge >= 0.3 is 12.1 Å². The van der Waals surface area contributed by atoms with Crippen LogP contribution in [-0.2, 0) is 6.18 Å². The number of carbonyl (C=O) groups is 2. The summed E-state index contributed by atoms with van der Waals surface area (Å²) in [6.45, 7) is 3.75. The number of halogens is 3. The van der Waals surface area contributed by atoms with Crippen molar-refractivity contribution in [3.8, 4) is 29.4 Å². The van der Waals surface area contributed by atoms with E-state index in [2.05, 4.69) is 53.9 Å². The molecule has 0 spiro atoms. The first kappa shape index (κ1) is 37.3. The van der Waals surface area contributed by atoms with Crippen molar-refractivity contribution < 1.29 is 27.9 Å². The molecule has 15 heteroatoms. The van der Waals surface area contributed by atoms with Gasteiger partial charge in [-0.15, -0.1) is 0 Å². The number of hydrogen-bond acceptors (Lipinski definition) is 7. The quantitative estimate of drug-likeness (QED) is 0.182. The fourth-order valence-electron chi connectivity index (χ4n) is 5.53. The number of anilines is 1. The number of nitrogens with one attached hydrogen (secondary N) is 1. The Bertz CT molecular complexity index is 2930. The number of amides is 1. The maximum absolute atomic E-state index is 13.5. The molecule has 280 valence electrons. The van der Waals surface area contributed by atoms with Crippen molar-refractivity contribution in [1.29, 1.82) is 0 Å². The van der Waals surface area contributed by atoms with Crippen molar-refractivity contribution in [3.05, 3.63) is 173 Å². The van der Waals surface area contributed by atoms with Crippen LogP contribution in [-0.4, -0.2) is 55.3 Å². The van der Waals surface area contributed by atoms with Gasteiger partial charge in [-0.1, -0.05) is 24.0 Å². The van der Waals surface area contributed by atoms with Gasteiger partial charge in [-0.05, 0) is 79.3 Å². The first-order valence-electron chi connectivity index (χ1n) is 17.0. The molecule has 0 aliphatic heterocycles. The average molecular weight is 764 g/mol. The first-order valence-corrected chi connectivity index (χ1v) is 17.0. The van der Waals surface area contributed by atoms with Crippen molar-refractivity contribution >= 4 is 28.9 Å². The number of alkyl halides is 3. The highest BCUT2D eigenvalue weighted by molar-refractivity contribution is 6.04. The van der Waals surface area contributed by atoms with E-state index in [-0.39, 0.29) is 22.5 Å². The highest BCUT2D eigenvalue weighted by Crippen LogP contribution is 2.33. The van der Waals surface area contributed by atoms with Crippen LogP contribution in [0.3, 0.4) is 0 Å². The molecule has 5 heterocycles. The third kappa shape index (κ3) is 8.53. The van der Waals surface area contributed by atoms with Crippen molar-refractivity contribution in [2.24, 2.45) is 0 Å². The summed E-state index contributed by atoms with van der Waals surface area (Å²) in [5, 5.41) is 11.6. The van der Waals surface area contributed by atoms with Gasteiger partial charge in [0.15, 0.2) is 11.3 Å². The molecule has 8 rings (SSSR count). The molecule has 3 aromatic carbocycles. The van der Waals surface area contributed by atoms with Gasteiger partial charge in [-0.2, -0.15) is 13.2 Å². The maximum Gasteiger partial charge on any atom is 0.416 e. The number of aryl methyl sites for hydroxylation is 2. The van der Waals surface area contributed by atoms with Gasteiger partial charge in [0.25, 0.3) is 5.91 Å². The van der Waals surface area contributed by atoms with Crippen molar-refractivity contribution in [3.63, 3.8) is 0 Å². The number of imidazole rings is 3. The van der Waals surface area contributed by atoms with Gasteiger partial charge < -0.3 is 15.0 Å². The van der Waals surface area contributed by atoms with Gasteiger partial charge in [0.2, 0.25) is 0 Å². The van der Waals surface area contributed by atoms with Crippen LogP contribution in [0.2, 0.25) is 0 Å². The lowest BCUT2D eigenvalue weighted by Gasteiger charge is -2.14. The number of fused-ring (bicyclic) bond motifs is 2. The molecule has 0 saturated carbocycles. The van der Waals surface area contributed by atoms with Crippen LogP contribution in [0.1, 0.15) is 59.9 Å². The molecule has 8 aromatic rings. The van der Waals surface area contributed by atoms with Gasteiger partial charge in [-0.3, -0.25) is 23.6 Å². The van der Waals surface area contributed by atoms with Crippen LogP contribution in [0.5, 0.6) is 0 Å². The summed E-state index contributed by atoms with van der Waals surface area (Å²) in [5.74, 6) is 10.6. The molecule has 0 aliphatic rings. The van der Waals surface area contributed by atoms with E-state index in [1.165, 1.54) is 29.4 Å². The van der Waals surface area contributed by atoms with E-state index in [9.17, 15) is 22.8 Å². The molecule has 0 saturated heterocycles. The third-order valence-corrected chi connectivity index (χ3v) is 8.57. The van der Waals surface area contributed by atoms with E-state index in [0.717, 1.165) is 34.6 Å². The zero-order valence-corrected chi connectivity index (χ0v) is 30.0. The summed E-state index contributed by atoms with van der Waals surface area (Å²) in [6, 6.07) is 13.2. The Hall–Kier alpha value is -8.04. The average Bonchev–Trinajstić information content (AvgIpc) is 3.98. The summed E-state index contributed by atoms with van der Waals surface area (Å²) in [4.78, 5) is 44.3. The summed E-state index contributed by atoms with van der Waals surface area (Å²) in [5.41, 5.74) is 5.66. The van der Waals surface area contributed by atoms with Crippen molar-refractivity contribution in [1.82, 2.24) is 38.3 Å².